The van der Waals surface area contributed by atoms with E-state index in [4.69, 9.17) is 4.74 Å². The normalized spacial score (nSPS) is 23.6. The van der Waals surface area contributed by atoms with E-state index in [2.05, 4.69) is 66.5 Å². The lowest BCUT2D eigenvalue weighted by atomic mass is 10.1. The fourth-order valence-corrected chi connectivity index (χ4v) is 4.44. The molecule has 25 heavy (non-hydrogen) atoms. The summed E-state index contributed by atoms with van der Waals surface area (Å²) >= 11 is 0. The average Bonchev–Trinajstić information content (AvgIpc) is 2.98. The Morgan fingerprint density at radius 1 is 1.04 bits per heavy atom. The van der Waals surface area contributed by atoms with Crippen LogP contribution in [0, 0.1) is 13.8 Å². The Morgan fingerprint density at radius 3 is 2.52 bits per heavy atom. The minimum Gasteiger partial charge on any atom is -0.371 e. The van der Waals surface area contributed by atoms with Crippen molar-refractivity contribution in [1.29, 1.82) is 0 Å². The number of fused-ring (bicyclic) bond motifs is 1. The Labute approximate surface area is 151 Å². The first-order valence-electron chi connectivity index (χ1n) is 9.42. The molecule has 0 unspecified atom stereocenters. The van der Waals surface area contributed by atoms with Gasteiger partial charge in [-0.1, -0.05) is 53.6 Å². The van der Waals surface area contributed by atoms with Gasteiger partial charge in [-0.15, -0.1) is 0 Å². The van der Waals surface area contributed by atoms with Crippen LogP contribution in [0.4, 0.5) is 0 Å². The standard InChI is InChI=1S/C22H28N2O/c1-16-11-17(2)13-18(12-16)15-25-21-14-19-5-3-4-6-20(19)22(21)24-9-7-23-8-10-24/h3-6,11-13,21-23H,7-10,14-15H2,1-2H3/t21-,22-/m1/s1. The lowest BCUT2D eigenvalue weighted by Crippen LogP contribution is -2.47. The molecule has 3 nitrogen and oxygen atoms in total. The highest BCUT2D eigenvalue weighted by molar-refractivity contribution is 5.37. The van der Waals surface area contributed by atoms with Gasteiger partial charge in [0.2, 0.25) is 0 Å². The zero-order valence-electron chi connectivity index (χ0n) is 15.3. The van der Waals surface area contributed by atoms with Crippen LogP contribution in [0.2, 0.25) is 0 Å². The summed E-state index contributed by atoms with van der Waals surface area (Å²) in [6, 6.07) is 16.0. The summed E-state index contributed by atoms with van der Waals surface area (Å²) in [5, 5.41) is 3.46. The van der Waals surface area contributed by atoms with Gasteiger partial charge in [0, 0.05) is 32.6 Å². The number of nitrogens with one attached hydrogen (secondary N) is 1. The number of aryl methyl sites for hydroxylation is 2. The number of hydrogen-bond donors (Lipinski definition) is 1. The van der Waals surface area contributed by atoms with E-state index in [0.29, 0.717) is 12.6 Å². The SMILES string of the molecule is Cc1cc(C)cc(CO[C@@H]2Cc3ccccc3[C@H]2N2CCNCC2)c1. The van der Waals surface area contributed by atoms with Crippen molar-refractivity contribution in [2.24, 2.45) is 0 Å². The van der Waals surface area contributed by atoms with Gasteiger partial charge in [-0.3, -0.25) is 4.90 Å². The van der Waals surface area contributed by atoms with Crippen molar-refractivity contribution < 1.29 is 4.74 Å². The Kier molecular flexibility index (Phi) is 4.89. The molecule has 1 aliphatic carbocycles. The van der Waals surface area contributed by atoms with E-state index in [1.54, 1.807) is 0 Å². The van der Waals surface area contributed by atoms with Crippen molar-refractivity contribution in [1.82, 2.24) is 10.2 Å². The first-order valence-corrected chi connectivity index (χ1v) is 9.42. The average molecular weight is 336 g/mol. The maximum absolute atomic E-state index is 6.49. The van der Waals surface area contributed by atoms with Crippen LogP contribution in [-0.2, 0) is 17.8 Å². The minimum absolute atomic E-state index is 0.247. The molecular weight excluding hydrogens is 308 g/mol. The van der Waals surface area contributed by atoms with Gasteiger partial charge in [0.15, 0.2) is 0 Å². The number of piperazine rings is 1. The summed E-state index contributed by atoms with van der Waals surface area (Å²) in [6.45, 7) is 9.36. The van der Waals surface area contributed by atoms with Gasteiger partial charge in [0.1, 0.15) is 0 Å². The molecular formula is C22H28N2O. The number of ether oxygens (including phenoxy) is 1. The molecule has 2 aliphatic rings. The summed E-state index contributed by atoms with van der Waals surface area (Å²) in [6.07, 6.45) is 1.27. The molecule has 0 aromatic heterocycles. The molecule has 4 rings (SSSR count). The van der Waals surface area contributed by atoms with E-state index in [-0.39, 0.29) is 6.10 Å². The van der Waals surface area contributed by atoms with Crippen LogP contribution in [0.15, 0.2) is 42.5 Å². The molecule has 1 aliphatic heterocycles. The van der Waals surface area contributed by atoms with Crippen molar-refractivity contribution in [2.45, 2.75) is 39.0 Å². The zero-order valence-corrected chi connectivity index (χ0v) is 15.3. The molecule has 2 aromatic carbocycles. The van der Waals surface area contributed by atoms with Crippen LogP contribution in [-0.4, -0.2) is 37.2 Å². The summed E-state index contributed by atoms with van der Waals surface area (Å²) in [5.74, 6) is 0. The highest BCUT2D eigenvalue weighted by Gasteiger charge is 2.37. The van der Waals surface area contributed by atoms with Crippen LogP contribution < -0.4 is 5.32 Å². The molecule has 0 amide bonds. The Hall–Kier alpha value is -1.68. The van der Waals surface area contributed by atoms with Gasteiger partial charge in [-0.25, -0.2) is 0 Å². The zero-order chi connectivity index (χ0) is 17.2. The van der Waals surface area contributed by atoms with Gasteiger partial charge in [0.05, 0.1) is 18.8 Å². The molecule has 0 bridgehead atoms. The molecule has 0 spiro atoms. The third kappa shape index (κ3) is 3.64. The lowest BCUT2D eigenvalue weighted by molar-refractivity contribution is -0.0188. The first-order chi connectivity index (χ1) is 12.2. The smallest absolute Gasteiger partial charge is 0.0816 e. The van der Waals surface area contributed by atoms with E-state index < -0.39 is 0 Å². The number of benzene rings is 2. The van der Waals surface area contributed by atoms with Gasteiger partial charge in [-0.2, -0.15) is 0 Å². The quantitative estimate of drug-likeness (QED) is 0.926. The maximum atomic E-state index is 6.49. The van der Waals surface area contributed by atoms with Gasteiger partial charge < -0.3 is 10.1 Å². The van der Waals surface area contributed by atoms with E-state index in [0.717, 1.165) is 32.6 Å². The molecule has 1 saturated heterocycles. The predicted octanol–water partition coefficient (Wildman–Crippen LogP) is 3.39. The van der Waals surface area contributed by atoms with Crippen LogP contribution in [0.25, 0.3) is 0 Å². The van der Waals surface area contributed by atoms with E-state index >= 15 is 0 Å². The molecule has 1 heterocycles. The summed E-state index contributed by atoms with van der Waals surface area (Å²) in [5.41, 5.74) is 6.83. The van der Waals surface area contributed by atoms with Gasteiger partial charge >= 0.3 is 0 Å². The maximum Gasteiger partial charge on any atom is 0.0816 e. The Balaban J connectivity index is 1.53. The highest BCUT2D eigenvalue weighted by atomic mass is 16.5. The van der Waals surface area contributed by atoms with Gasteiger partial charge in [-0.05, 0) is 30.5 Å². The molecule has 1 N–H and O–H groups in total. The predicted molar refractivity (Wildman–Crippen MR) is 102 cm³/mol. The largest absolute Gasteiger partial charge is 0.371 e. The number of rotatable bonds is 4. The summed E-state index contributed by atoms with van der Waals surface area (Å²) < 4.78 is 6.49. The van der Waals surface area contributed by atoms with Crippen molar-refractivity contribution in [3.8, 4) is 0 Å². The van der Waals surface area contributed by atoms with Crippen molar-refractivity contribution >= 4 is 0 Å². The van der Waals surface area contributed by atoms with Crippen LogP contribution in [0.5, 0.6) is 0 Å². The second-order valence-electron chi connectivity index (χ2n) is 7.48. The number of nitrogens with zero attached hydrogens (tertiary/aromatic N) is 1. The summed E-state index contributed by atoms with van der Waals surface area (Å²) in [7, 11) is 0. The van der Waals surface area contributed by atoms with Gasteiger partial charge in [0.25, 0.3) is 0 Å². The molecule has 1 fully saturated rings. The van der Waals surface area contributed by atoms with E-state index in [1.807, 2.05) is 0 Å². The van der Waals surface area contributed by atoms with Crippen molar-refractivity contribution in [2.75, 3.05) is 26.2 Å². The van der Waals surface area contributed by atoms with Crippen LogP contribution >= 0.6 is 0 Å². The van der Waals surface area contributed by atoms with Crippen LogP contribution in [0.3, 0.4) is 0 Å². The molecule has 3 heteroatoms. The monoisotopic (exact) mass is 336 g/mol. The molecule has 0 saturated carbocycles. The minimum atomic E-state index is 0.247. The molecule has 2 atom stereocenters. The van der Waals surface area contributed by atoms with E-state index in [9.17, 15) is 0 Å². The van der Waals surface area contributed by atoms with Crippen molar-refractivity contribution in [3.63, 3.8) is 0 Å². The van der Waals surface area contributed by atoms with Crippen molar-refractivity contribution in [3.05, 3.63) is 70.3 Å². The molecule has 132 valence electrons. The van der Waals surface area contributed by atoms with E-state index in [1.165, 1.54) is 27.8 Å². The third-order valence-electron chi connectivity index (χ3n) is 5.44. The first kappa shape index (κ1) is 16.8. The summed E-state index contributed by atoms with van der Waals surface area (Å²) in [4.78, 5) is 2.61. The molecule has 0 radical (unpaired) electrons. The highest BCUT2D eigenvalue weighted by Crippen LogP contribution is 2.38. The molecule has 2 aromatic rings. The topological polar surface area (TPSA) is 24.5 Å². The third-order valence-corrected chi connectivity index (χ3v) is 5.44. The second kappa shape index (κ2) is 7.28. The Morgan fingerprint density at radius 2 is 1.76 bits per heavy atom. The van der Waals surface area contributed by atoms with Crippen LogP contribution in [0.1, 0.15) is 33.9 Å². The number of hydrogen-bond acceptors (Lipinski definition) is 3. The second-order valence-corrected chi connectivity index (χ2v) is 7.48. The Bertz CT molecular complexity index is 716. The fourth-order valence-electron chi connectivity index (χ4n) is 4.44. The lowest BCUT2D eigenvalue weighted by Gasteiger charge is -2.36. The fraction of sp³-hybridized carbons (Fsp3) is 0.455.